The Morgan fingerprint density at radius 2 is 2.06 bits per heavy atom. The molecule has 0 aromatic heterocycles. The van der Waals surface area contributed by atoms with E-state index >= 15 is 0 Å². The summed E-state index contributed by atoms with van der Waals surface area (Å²) >= 11 is 9.06. The van der Waals surface area contributed by atoms with Crippen molar-refractivity contribution >= 4 is 33.2 Å². The van der Waals surface area contributed by atoms with Gasteiger partial charge >= 0.3 is 0 Å². The van der Waals surface area contributed by atoms with Gasteiger partial charge in [0.15, 0.2) is 0 Å². The normalized spacial score (nSPS) is 10.4. The van der Waals surface area contributed by atoms with Gasteiger partial charge in [-0.05, 0) is 24.3 Å². The molecule has 0 amide bonds. The third-order valence-corrected chi connectivity index (χ3v) is 3.27. The van der Waals surface area contributed by atoms with E-state index in [9.17, 15) is 9.50 Å². The molecule has 0 bridgehead atoms. The van der Waals surface area contributed by atoms with Crippen molar-refractivity contribution in [2.24, 2.45) is 0 Å². The minimum absolute atomic E-state index is 0.0158. The molecule has 0 radical (unpaired) electrons. The Hall–Kier alpha value is -1.26. The van der Waals surface area contributed by atoms with Crippen LogP contribution in [0, 0.1) is 5.82 Å². The maximum absolute atomic E-state index is 13.5. The van der Waals surface area contributed by atoms with Crippen LogP contribution in [0.5, 0.6) is 5.75 Å². The fraction of sp³-hybridized carbons (Fsp3) is 0.0769. The zero-order valence-corrected chi connectivity index (χ0v) is 11.6. The van der Waals surface area contributed by atoms with E-state index in [0.717, 1.165) is 4.47 Å². The molecule has 0 aliphatic rings. The van der Waals surface area contributed by atoms with E-state index in [0.29, 0.717) is 17.8 Å². The van der Waals surface area contributed by atoms with Crippen LogP contribution in [0.3, 0.4) is 0 Å². The van der Waals surface area contributed by atoms with Crippen molar-refractivity contribution < 1.29 is 9.50 Å². The molecule has 0 unspecified atom stereocenters. The number of phenols is 1. The summed E-state index contributed by atoms with van der Waals surface area (Å²) in [5.41, 5.74) is 0.977. The minimum atomic E-state index is -0.347. The molecule has 0 saturated carbocycles. The van der Waals surface area contributed by atoms with E-state index in [1.807, 2.05) is 0 Å². The van der Waals surface area contributed by atoms with E-state index in [1.54, 1.807) is 30.3 Å². The lowest BCUT2D eigenvalue weighted by molar-refractivity contribution is 0.469. The van der Waals surface area contributed by atoms with Crippen LogP contribution in [0.15, 0.2) is 40.9 Å². The van der Waals surface area contributed by atoms with Crippen molar-refractivity contribution in [1.82, 2.24) is 0 Å². The maximum atomic E-state index is 13.5. The van der Waals surface area contributed by atoms with Gasteiger partial charge in [0.05, 0.1) is 10.7 Å². The summed E-state index contributed by atoms with van der Waals surface area (Å²) in [4.78, 5) is 0. The molecule has 0 saturated heterocycles. The number of hydrogen-bond donors (Lipinski definition) is 2. The van der Waals surface area contributed by atoms with Crippen LogP contribution >= 0.6 is 27.5 Å². The minimum Gasteiger partial charge on any atom is -0.506 e. The molecule has 94 valence electrons. The monoisotopic (exact) mass is 329 g/mol. The van der Waals surface area contributed by atoms with Crippen molar-refractivity contribution in [3.05, 3.63) is 57.3 Å². The van der Waals surface area contributed by atoms with Gasteiger partial charge in [0.25, 0.3) is 0 Å². The van der Waals surface area contributed by atoms with Crippen LogP contribution in [0.25, 0.3) is 0 Å². The molecule has 2 aromatic rings. The highest BCUT2D eigenvalue weighted by Crippen LogP contribution is 2.28. The fourth-order valence-electron chi connectivity index (χ4n) is 1.53. The van der Waals surface area contributed by atoms with E-state index < -0.39 is 0 Å². The molecule has 0 heterocycles. The van der Waals surface area contributed by atoms with Gasteiger partial charge in [-0.2, -0.15) is 0 Å². The molecule has 2 aromatic carbocycles. The molecule has 0 spiro atoms. The predicted octanol–water partition coefficient (Wildman–Crippen LogP) is 4.56. The Morgan fingerprint density at radius 3 is 2.83 bits per heavy atom. The van der Waals surface area contributed by atoms with Crippen LogP contribution in [0.4, 0.5) is 10.1 Å². The summed E-state index contributed by atoms with van der Waals surface area (Å²) in [6.07, 6.45) is 0. The first-order valence-electron chi connectivity index (χ1n) is 5.23. The van der Waals surface area contributed by atoms with Gasteiger partial charge in [0.2, 0.25) is 0 Å². The van der Waals surface area contributed by atoms with Crippen molar-refractivity contribution in [2.75, 3.05) is 5.32 Å². The molecule has 2 nitrogen and oxygen atoms in total. The standard InChI is InChI=1S/C13H10BrClFNO/c14-9-4-5-11(16)12(6-9)17-7-8-2-1-3-10(15)13(8)18/h1-6,17-18H,7H2. The van der Waals surface area contributed by atoms with E-state index in [1.165, 1.54) is 6.07 Å². The maximum Gasteiger partial charge on any atom is 0.146 e. The van der Waals surface area contributed by atoms with Crippen LogP contribution in [-0.2, 0) is 6.54 Å². The average molecular weight is 331 g/mol. The first-order valence-corrected chi connectivity index (χ1v) is 6.40. The zero-order valence-electron chi connectivity index (χ0n) is 9.25. The second kappa shape index (κ2) is 5.59. The lowest BCUT2D eigenvalue weighted by Gasteiger charge is -2.10. The predicted molar refractivity (Wildman–Crippen MR) is 74.5 cm³/mol. The molecule has 18 heavy (non-hydrogen) atoms. The van der Waals surface area contributed by atoms with Crippen LogP contribution in [-0.4, -0.2) is 5.11 Å². The Kier molecular flexibility index (Phi) is 4.09. The highest BCUT2D eigenvalue weighted by molar-refractivity contribution is 9.10. The van der Waals surface area contributed by atoms with Gasteiger partial charge in [-0.15, -0.1) is 0 Å². The highest BCUT2D eigenvalue weighted by Gasteiger charge is 2.07. The lowest BCUT2D eigenvalue weighted by atomic mass is 10.2. The molecule has 0 aliphatic heterocycles. The summed E-state index contributed by atoms with van der Waals surface area (Å²) < 4.78 is 14.3. The fourth-order valence-corrected chi connectivity index (χ4v) is 2.08. The largest absolute Gasteiger partial charge is 0.506 e. The van der Waals surface area contributed by atoms with Crippen LogP contribution in [0.1, 0.15) is 5.56 Å². The number of benzene rings is 2. The average Bonchev–Trinajstić information content (AvgIpc) is 2.35. The first-order chi connectivity index (χ1) is 8.58. The molecule has 0 atom stereocenters. The number of phenolic OH excluding ortho intramolecular Hbond substituents is 1. The van der Waals surface area contributed by atoms with E-state index in [2.05, 4.69) is 21.2 Å². The Morgan fingerprint density at radius 1 is 1.28 bits per heavy atom. The number of nitrogens with one attached hydrogen (secondary N) is 1. The summed E-state index contributed by atoms with van der Waals surface area (Å²) in [6.45, 7) is 0.291. The Balaban J connectivity index is 2.16. The number of para-hydroxylation sites is 1. The lowest BCUT2D eigenvalue weighted by Crippen LogP contribution is -2.01. The second-order valence-corrected chi connectivity index (χ2v) is 5.05. The summed E-state index contributed by atoms with van der Waals surface area (Å²) in [5, 5.41) is 12.9. The van der Waals surface area contributed by atoms with Crippen molar-refractivity contribution in [3.8, 4) is 5.75 Å². The van der Waals surface area contributed by atoms with Crippen molar-refractivity contribution in [1.29, 1.82) is 0 Å². The molecular formula is C13H10BrClFNO. The molecule has 5 heteroatoms. The third-order valence-electron chi connectivity index (χ3n) is 2.47. The van der Waals surface area contributed by atoms with Gasteiger partial charge in [-0.3, -0.25) is 0 Å². The highest BCUT2D eigenvalue weighted by atomic mass is 79.9. The number of halogens is 3. The van der Waals surface area contributed by atoms with Crippen LogP contribution in [0.2, 0.25) is 5.02 Å². The van der Waals surface area contributed by atoms with Gasteiger partial charge in [-0.25, -0.2) is 4.39 Å². The summed E-state index contributed by atoms with van der Waals surface area (Å²) in [5.74, 6) is -0.332. The molecule has 2 rings (SSSR count). The molecule has 2 N–H and O–H groups in total. The smallest absolute Gasteiger partial charge is 0.146 e. The zero-order chi connectivity index (χ0) is 13.1. The summed E-state index contributed by atoms with van der Waals surface area (Å²) in [6, 6.07) is 9.68. The van der Waals surface area contributed by atoms with E-state index in [4.69, 9.17) is 11.6 Å². The molecule has 0 fully saturated rings. The van der Waals surface area contributed by atoms with Crippen molar-refractivity contribution in [2.45, 2.75) is 6.54 Å². The van der Waals surface area contributed by atoms with Crippen LogP contribution < -0.4 is 5.32 Å². The first kappa shape index (κ1) is 13.2. The van der Waals surface area contributed by atoms with Gasteiger partial charge in [0, 0.05) is 16.6 Å². The van der Waals surface area contributed by atoms with Gasteiger partial charge in [0.1, 0.15) is 11.6 Å². The number of rotatable bonds is 3. The third kappa shape index (κ3) is 2.94. The molecule has 0 aliphatic carbocycles. The Bertz CT molecular complexity index is 575. The number of aromatic hydroxyl groups is 1. The molecular weight excluding hydrogens is 321 g/mol. The van der Waals surface area contributed by atoms with Gasteiger partial charge < -0.3 is 10.4 Å². The Labute approximate surface area is 118 Å². The topological polar surface area (TPSA) is 32.3 Å². The second-order valence-electron chi connectivity index (χ2n) is 3.73. The van der Waals surface area contributed by atoms with Gasteiger partial charge in [-0.1, -0.05) is 39.7 Å². The van der Waals surface area contributed by atoms with E-state index in [-0.39, 0.29) is 16.6 Å². The SMILES string of the molecule is Oc1c(Cl)cccc1CNc1cc(Br)ccc1F. The van der Waals surface area contributed by atoms with Crippen molar-refractivity contribution in [3.63, 3.8) is 0 Å². The number of hydrogen-bond acceptors (Lipinski definition) is 2. The quantitative estimate of drug-likeness (QED) is 0.864. The number of anilines is 1. The summed E-state index contributed by atoms with van der Waals surface area (Å²) in [7, 11) is 0.